The minimum absolute atomic E-state index is 0.0867. The van der Waals surface area contributed by atoms with E-state index in [-0.39, 0.29) is 5.69 Å². The van der Waals surface area contributed by atoms with Crippen LogP contribution in [0.2, 0.25) is 0 Å². The van der Waals surface area contributed by atoms with Gasteiger partial charge in [0.1, 0.15) is 11.4 Å². The van der Waals surface area contributed by atoms with E-state index in [1.165, 1.54) is 18.2 Å². The molecule has 0 unspecified atom stereocenters. The normalized spacial score (nSPS) is 10.5. The van der Waals surface area contributed by atoms with Crippen LogP contribution >= 0.6 is 31.9 Å². The number of carbonyl (C=O) groups excluding carboxylic acids is 1. The average molecular weight is 510 g/mol. The van der Waals surface area contributed by atoms with Gasteiger partial charge in [-0.05, 0) is 51.1 Å². The molecule has 0 fully saturated rings. The van der Waals surface area contributed by atoms with E-state index in [0.29, 0.717) is 8.95 Å². The zero-order chi connectivity index (χ0) is 20.8. The molecule has 27 heavy (non-hydrogen) atoms. The standard InChI is InChI=1S/C11H13BrFNO2.C6H3BrFNO2/c1-11(2,3)16-10(15)14-9-6-7(12)4-5-8(9)13;7-4-1-2-5(8)6(3-4)9(10)11/h4-6H,1-3H3,(H,14,15);1-3H. The summed E-state index contributed by atoms with van der Waals surface area (Å²) in [5.41, 5.74) is -1.03. The third kappa shape index (κ3) is 8.44. The minimum Gasteiger partial charge on any atom is -0.444 e. The number of amides is 1. The van der Waals surface area contributed by atoms with Crippen molar-refractivity contribution < 1.29 is 23.2 Å². The Morgan fingerprint density at radius 1 is 1.07 bits per heavy atom. The summed E-state index contributed by atoms with van der Waals surface area (Å²) in [6.07, 6.45) is -0.676. The van der Waals surface area contributed by atoms with Crippen LogP contribution in [0.1, 0.15) is 20.8 Å². The number of nitro benzene ring substituents is 1. The number of benzene rings is 2. The Morgan fingerprint density at radius 3 is 2.07 bits per heavy atom. The van der Waals surface area contributed by atoms with Gasteiger partial charge in [-0.15, -0.1) is 0 Å². The molecule has 2 aromatic carbocycles. The van der Waals surface area contributed by atoms with E-state index in [2.05, 4.69) is 37.2 Å². The van der Waals surface area contributed by atoms with Crippen LogP contribution in [0.15, 0.2) is 45.3 Å². The molecule has 0 radical (unpaired) electrons. The summed E-state index contributed by atoms with van der Waals surface area (Å²) < 4.78 is 32.0. The van der Waals surface area contributed by atoms with Crippen molar-refractivity contribution in [1.29, 1.82) is 0 Å². The molecule has 0 atom stereocenters. The first-order chi connectivity index (χ1) is 12.4. The van der Waals surface area contributed by atoms with Gasteiger partial charge >= 0.3 is 11.8 Å². The molecule has 0 aliphatic rings. The van der Waals surface area contributed by atoms with Crippen LogP contribution in [0, 0.1) is 21.7 Å². The molecular formula is C17H16Br2F2N2O4. The molecule has 0 aromatic heterocycles. The highest BCUT2D eigenvalue weighted by Crippen LogP contribution is 2.22. The first-order valence-electron chi connectivity index (χ1n) is 7.43. The SMILES string of the molecule is CC(C)(C)OC(=O)Nc1cc(Br)ccc1F.O=[N+]([O-])c1cc(Br)ccc1F. The van der Waals surface area contributed by atoms with Crippen molar-refractivity contribution in [3.05, 3.63) is 67.1 Å². The van der Waals surface area contributed by atoms with Gasteiger partial charge in [0, 0.05) is 15.0 Å². The van der Waals surface area contributed by atoms with Crippen LogP contribution in [-0.4, -0.2) is 16.6 Å². The number of hydrogen-bond acceptors (Lipinski definition) is 4. The molecule has 1 amide bonds. The highest BCUT2D eigenvalue weighted by Gasteiger charge is 2.17. The van der Waals surface area contributed by atoms with Crippen LogP contribution in [0.4, 0.5) is 25.0 Å². The molecule has 10 heteroatoms. The second-order valence-corrected chi connectivity index (χ2v) is 7.94. The lowest BCUT2D eigenvalue weighted by atomic mass is 10.2. The van der Waals surface area contributed by atoms with Gasteiger partial charge in [-0.3, -0.25) is 15.4 Å². The predicted molar refractivity (Wildman–Crippen MR) is 105 cm³/mol. The van der Waals surface area contributed by atoms with Crippen LogP contribution in [-0.2, 0) is 4.74 Å². The molecule has 146 valence electrons. The van der Waals surface area contributed by atoms with E-state index in [1.54, 1.807) is 26.8 Å². The quantitative estimate of drug-likeness (QED) is 0.373. The van der Waals surface area contributed by atoms with Gasteiger partial charge in [-0.1, -0.05) is 31.9 Å². The Bertz CT molecular complexity index is 842. The second-order valence-electron chi connectivity index (χ2n) is 6.10. The van der Waals surface area contributed by atoms with E-state index in [1.807, 2.05) is 0 Å². The van der Waals surface area contributed by atoms with E-state index in [9.17, 15) is 23.7 Å². The fraction of sp³-hybridized carbons (Fsp3) is 0.235. The van der Waals surface area contributed by atoms with Crippen LogP contribution < -0.4 is 5.32 Å². The van der Waals surface area contributed by atoms with Gasteiger partial charge in [-0.2, -0.15) is 4.39 Å². The average Bonchev–Trinajstić information content (AvgIpc) is 2.52. The Labute approximate surface area is 171 Å². The van der Waals surface area contributed by atoms with Crippen LogP contribution in [0.5, 0.6) is 0 Å². The number of halogens is 4. The first-order valence-corrected chi connectivity index (χ1v) is 9.02. The number of nitrogens with zero attached hydrogens (tertiary/aromatic N) is 1. The third-order valence-electron chi connectivity index (χ3n) is 2.67. The minimum atomic E-state index is -0.821. The van der Waals surface area contributed by atoms with E-state index in [0.717, 1.165) is 12.1 Å². The Hall–Kier alpha value is -2.07. The number of carbonyl (C=O) groups is 1. The van der Waals surface area contributed by atoms with Gasteiger partial charge in [0.2, 0.25) is 5.82 Å². The van der Waals surface area contributed by atoms with Crippen molar-refractivity contribution in [3.63, 3.8) is 0 Å². The maximum atomic E-state index is 13.3. The van der Waals surface area contributed by atoms with Crippen LogP contribution in [0.3, 0.4) is 0 Å². The Kier molecular flexibility index (Phi) is 8.29. The monoisotopic (exact) mass is 508 g/mol. The van der Waals surface area contributed by atoms with Crippen molar-refractivity contribution >= 4 is 49.3 Å². The molecule has 0 saturated heterocycles. The van der Waals surface area contributed by atoms with Gasteiger partial charge in [0.05, 0.1) is 10.6 Å². The number of rotatable bonds is 2. The number of anilines is 1. The molecule has 0 spiro atoms. The molecule has 0 heterocycles. The lowest BCUT2D eigenvalue weighted by Crippen LogP contribution is -2.27. The largest absolute Gasteiger partial charge is 0.444 e. The maximum Gasteiger partial charge on any atom is 0.412 e. The van der Waals surface area contributed by atoms with Crippen molar-refractivity contribution in [3.8, 4) is 0 Å². The van der Waals surface area contributed by atoms with Crippen molar-refractivity contribution in [2.45, 2.75) is 26.4 Å². The Balaban J connectivity index is 0.000000289. The fourth-order valence-electron chi connectivity index (χ4n) is 1.63. The molecule has 2 aromatic rings. The van der Waals surface area contributed by atoms with E-state index < -0.39 is 33.9 Å². The second kappa shape index (κ2) is 9.75. The lowest BCUT2D eigenvalue weighted by Gasteiger charge is -2.19. The highest BCUT2D eigenvalue weighted by atomic mass is 79.9. The number of nitrogens with one attached hydrogen (secondary N) is 1. The topological polar surface area (TPSA) is 81.5 Å². The maximum absolute atomic E-state index is 13.3. The van der Waals surface area contributed by atoms with Crippen molar-refractivity contribution in [2.75, 3.05) is 5.32 Å². The first kappa shape index (κ1) is 23.0. The fourth-order valence-corrected chi connectivity index (χ4v) is 2.34. The van der Waals surface area contributed by atoms with E-state index in [4.69, 9.17) is 4.74 Å². The lowest BCUT2D eigenvalue weighted by molar-refractivity contribution is -0.387. The summed E-state index contributed by atoms with van der Waals surface area (Å²) >= 11 is 6.18. The zero-order valence-corrected chi connectivity index (χ0v) is 17.7. The Morgan fingerprint density at radius 2 is 1.59 bits per heavy atom. The highest BCUT2D eigenvalue weighted by molar-refractivity contribution is 9.10. The van der Waals surface area contributed by atoms with E-state index >= 15 is 0 Å². The van der Waals surface area contributed by atoms with Gasteiger partial charge in [-0.25, -0.2) is 9.18 Å². The molecular weight excluding hydrogens is 494 g/mol. The molecule has 0 bridgehead atoms. The summed E-state index contributed by atoms with van der Waals surface area (Å²) in [6, 6.07) is 7.85. The number of nitro groups is 1. The molecule has 0 saturated carbocycles. The predicted octanol–water partition coefficient (Wildman–Crippen LogP) is 6.43. The molecule has 1 N–H and O–H groups in total. The number of ether oxygens (including phenoxy) is 1. The molecule has 6 nitrogen and oxygen atoms in total. The van der Waals surface area contributed by atoms with Crippen LogP contribution in [0.25, 0.3) is 0 Å². The smallest absolute Gasteiger partial charge is 0.412 e. The molecule has 0 aliphatic heterocycles. The van der Waals surface area contributed by atoms with Gasteiger partial charge in [0.25, 0.3) is 0 Å². The molecule has 0 aliphatic carbocycles. The summed E-state index contributed by atoms with van der Waals surface area (Å²) in [5, 5.41) is 12.5. The van der Waals surface area contributed by atoms with Gasteiger partial charge < -0.3 is 4.74 Å². The molecule has 2 rings (SSSR count). The van der Waals surface area contributed by atoms with Crippen molar-refractivity contribution in [1.82, 2.24) is 0 Å². The third-order valence-corrected chi connectivity index (χ3v) is 3.66. The number of hydrogen-bond donors (Lipinski definition) is 1. The summed E-state index contributed by atoms with van der Waals surface area (Å²) in [7, 11) is 0. The summed E-state index contributed by atoms with van der Waals surface area (Å²) in [6.45, 7) is 5.22. The summed E-state index contributed by atoms with van der Waals surface area (Å²) in [5.74, 6) is -1.33. The zero-order valence-electron chi connectivity index (χ0n) is 14.6. The summed E-state index contributed by atoms with van der Waals surface area (Å²) in [4.78, 5) is 20.7. The van der Waals surface area contributed by atoms with Gasteiger partial charge in [0.15, 0.2) is 0 Å². The van der Waals surface area contributed by atoms with Crippen molar-refractivity contribution in [2.24, 2.45) is 0 Å².